The number of nitrogens with two attached hydrogens (primary N) is 2. The Hall–Kier alpha value is -3.34. The number of carboxylic acid groups (broad SMARTS) is 1. The molecule has 0 aromatic heterocycles. The van der Waals surface area contributed by atoms with E-state index in [0.717, 1.165) is 11.1 Å². The summed E-state index contributed by atoms with van der Waals surface area (Å²) in [7, 11) is 0. The molecular formula is C19H19N3O2. The summed E-state index contributed by atoms with van der Waals surface area (Å²) in [5.74, 6) is -1.28. The molecule has 2 aromatic carbocycles. The number of carbonyl (C=O) groups is 1. The number of aliphatic carboxylic acids is 1. The van der Waals surface area contributed by atoms with Gasteiger partial charge in [-0.3, -0.25) is 0 Å². The molecule has 0 unspecified atom stereocenters. The third-order valence-electron chi connectivity index (χ3n) is 3.21. The number of aliphatic imine (C=N–C) groups is 1. The van der Waals surface area contributed by atoms with Crippen LogP contribution in [-0.4, -0.2) is 16.8 Å². The molecule has 0 spiro atoms. The fraction of sp³-hybridized carbons (Fsp3) is 0.0526. The molecule has 0 heterocycles. The Bertz CT molecular complexity index is 762. The van der Waals surface area contributed by atoms with Gasteiger partial charge in [0.1, 0.15) is 11.4 Å². The second kappa shape index (κ2) is 7.78. The number of rotatable bonds is 5. The fourth-order valence-electron chi connectivity index (χ4n) is 2.14. The van der Waals surface area contributed by atoms with E-state index in [4.69, 9.17) is 11.5 Å². The lowest BCUT2D eigenvalue weighted by Crippen LogP contribution is -2.12. The summed E-state index contributed by atoms with van der Waals surface area (Å²) in [4.78, 5) is 15.8. The average molecular weight is 321 g/mol. The molecule has 5 heteroatoms. The van der Waals surface area contributed by atoms with Crippen LogP contribution in [0.5, 0.6) is 0 Å². The first-order chi connectivity index (χ1) is 11.5. The van der Waals surface area contributed by atoms with Gasteiger partial charge in [-0.15, -0.1) is 0 Å². The highest BCUT2D eigenvalue weighted by atomic mass is 16.4. The van der Waals surface area contributed by atoms with Crippen molar-refractivity contribution in [3.63, 3.8) is 0 Å². The molecule has 122 valence electrons. The molecule has 2 rings (SSSR count). The van der Waals surface area contributed by atoms with E-state index in [2.05, 4.69) is 4.99 Å². The van der Waals surface area contributed by atoms with Crippen molar-refractivity contribution < 1.29 is 9.90 Å². The standard InChI is InChI=1S/C19H19N3O2/c1-13(20)12-16(19(23)24)18(21)22-17(14-8-4-2-5-9-14)15-10-6-3-7-11-15/h2-12H,20-21H2,1H3,(H,23,24)/b13-12-,18-16-. The van der Waals surface area contributed by atoms with E-state index in [-0.39, 0.29) is 11.4 Å². The van der Waals surface area contributed by atoms with E-state index in [1.807, 2.05) is 60.7 Å². The first-order valence-electron chi connectivity index (χ1n) is 7.35. The number of benzene rings is 2. The summed E-state index contributed by atoms with van der Waals surface area (Å²) in [5, 5.41) is 9.34. The van der Waals surface area contributed by atoms with Crippen LogP contribution in [-0.2, 0) is 4.79 Å². The van der Waals surface area contributed by atoms with Crippen molar-refractivity contribution in [2.45, 2.75) is 6.92 Å². The molecule has 0 amide bonds. The quantitative estimate of drug-likeness (QED) is 0.447. The van der Waals surface area contributed by atoms with Gasteiger partial charge in [-0.1, -0.05) is 60.7 Å². The molecule has 0 atom stereocenters. The summed E-state index contributed by atoms with van der Waals surface area (Å²) in [6, 6.07) is 18.9. The highest BCUT2D eigenvalue weighted by molar-refractivity contribution is 6.13. The normalized spacial score (nSPS) is 12.3. The van der Waals surface area contributed by atoms with Crippen molar-refractivity contribution in [3.8, 4) is 0 Å². The van der Waals surface area contributed by atoms with Gasteiger partial charge in [0.25, 0.3) is 0 Å². The zero-order valence-corrected chi connectivity index (χ0v) is 13.3. The van der Waals surface area contributed by atoms with Crippen molar-refractivity contribution in [2.75, 3.05) is 0 Å². The van der Waals surface area contributed by atoms with Crippen molar-refractivity contribution in [2.24, 2.45) is 16.5 Å². The Morgan fingerprint density at radius 1 is 0.958 bits per heavy atom. The molecule has 2 aromatic rings. The van der Waals surface area contributed by atoms with Gasteiger partial charge >= 0.3 is 5.97 Å². The van der Waals surface area contributed by atoms with Gasteiger partial charge in [-0.25, -0.2) is 9.79 Å². The summed E-state index contributed by atoms with van der Waals surface area (Å²) in [6.45, 7) is 1.59. The highest BCUT2D eigenvalue weighted by Crippen LogP contribution is 2.14. The van der Waals surface area contributed by atoms with Gasteiger partial charge < -0.3 is 16.6 Å². The maximum Gasteiger partial charge on any atom is 0.339 e. The second-order valence-electron chi connectivity index (χ2n) is 5.18. The van der Waals surface area contributed by atoms with Crippen molar-refractivity contribution in [3.05, 3.63) is 95.0 Å². The molecule has 0 bridgehead atoms. The van der Waals surface area contributed by atoms with Crippen molar-refractivity contribution in [1.82, 2.24) is 0 Å². The maximum atomic E-state index is 11.4. The number of nitrogens with zero attached hydrogens (tertiary/aromatic N) is 1. The van der Waals surface area contributed by atoms with Crippen LogP contribution in [0.15, 0.2) is 88.8 Å². The minimum Gasteiger partial charge on any atom is -0.478 e. The molecule has 0 aliphatic carbocycles. The molecule has 5 nitrogen and oxygen atoms in total. The minimum absolute atomic E-state index is 0.102. The summed E-state index contributed by atoms with van der Waals surface area (Å²) in [5.41, 5.74) is 14.0. The number of hydrogen-bond acceptors (Lipinski definition) is 4. The molecule has 0 saturated heterocycles. The van der Waals surface area contributed by atoms with Crippen LogP contribution >= 0.6 is 0 Å². The molecule has 0 aliphatic rings. The lowest BCUT2D eigenvalue weighted by Gasteiger charge is -2.09. The molecule has 24 heavy (non-hydrogen) atoms. The lowest BCUT2D eigenvalue weighted by molar-refractivity contribution is -0.132. The smallest absolute Gasteiger partial charge is 0.339 e. The first kappa shape index (κ1) is 17.0. The van der Waals surface area contributed by atoms with Gasteiger partial charge in [0, 0.05) is 16.8 Å². The number of carboxylic acids is 1. The Morgan fingerprint density at radius 2 is 1.42 bits per heavy atom. The topological polar surface area (TPSA) is 102 Å². The Balaban J connectivity index is 2.65. The second-order valence-corrected chi connectivity index (χ2v) is 5.18. The van der Waals surface area contributed by atoms with Gasteiger partial charge in [-0.05, 0) is 13.0 Å². The predicted octanol–water partition coefficient (Wildman–Crippen LogP) is 2.64. The number of hydrogen-bond donors (Lipinski definition) is 3. The fourth-order valence-corrected chi connectivity index (χ4v) is 2.14. The van der Waals surface area contributed by atoms with E-state index >= 15 is 0 Å². The maximum absolute atomic E-state index is 11.4. The summed E-state index contributed by atoms with van der Waals surface area (Å²) in [6.07, 6.45) is 1.30. The Morgan fingerprint density at radius 3 is 1.79 bits per heavy atom. The van der Waals surface area contributed by atoms with Crippen LogP contribution in [0.2, 0.25) is 0 Å². The van der Waals surface area contributed by atoms with Gasteiger partial charge in [0.2, 0.25) is 0 Å². The monoisotopic (exact) mass is 321 g/mol. The van der Waals surface area contributed by atoms with E-state index < -0.39 is 5.97 Å². The van der Waals surface area contributed by atoms with Crippen LogP contribution in [0.1, 0.15) is 18.1 Å². The van der Waals surface area contributed by atoms with Crippen LogP contribution in [0.25, 0.3) is 0 Å². The molecular weight excluding hydrogens is 302 g/mol. The average Bonchev–Trinajstić information content (AvgIpc) is 2.58. The molecule has 0 radical (unpaired) electrons. The van der Waals surface area contributed by atoms with Crippen molar-refractivity contribution >= 4 is 11.7 Å². The largest absolute Gasteiger partial charge is 0.478 e. The third-order valence-corrected chi connectivity index (χ3v) is 3.21. The van der Waals surface area contributed by atoms with Crippen LogP contribution in [0, 0.1) is 0 Å². The van der Waals surface area contributed by atoms with Crippen LogP contribution in [0.3, 0.4) is 0 Å². The molecule has 0 saturated carbocycles. The summed E-state index contributed by atoms with van der Waals surface area (Å²) >= 11 is 0. The number of allylic oxidation sites excluding steroid dienone is 1. The molecule has 0 aliphatic heterocycles. The molecule has 0 fully saturated rings. The molecule has 5 N–H and O–H groups in total. The summed E-state index contributed by atoms with van der Waals surface area (Å²) < 4.78 is 0. The van der Waals surface area contributed by atoms with Gasteiger partial charge in [-0.2, -0.15) is 0 Å². The van der Waals surface area contributed by atoms with Gasteiger partial charge in [0.15, 0.2) is 0 Å². The Labute approximate surface area is 140 Å². The van der Waals surface area contributed by atoms with E-state index in [0.29, 0.717) is 11.4 Å². The Kier molecular flexibility index (Phi) is 5.52. The highest BCUT2D eigenvalue weighted by Gasteiger charge is 2.12. The zero-order chi connectivity index (χ0) is 17.5. The minimum atomic E-state index is -1.18. The lowest BCUT2D eigenvalue weighted by atomic mass is 10.0. The van der Waals surface area contributed by atoms with Crippen molar-refractivity contribution in [1.29, 1.82) is 0 Å². The van der Waals surface area contributed by atoms with Crippen LogP contribution < -0.4 is 11.5 Å². The van der Waals surface area contributed by atoms with E-state index in [1.165, 1.54) is 6.08 Å². The predicted molar refractivity (Wildman–Crippen MR) is 95.3 cm³/mol. The van der Waals surface area contributed by atoms with E-state index in [1.54, 1.807) is 6.92 Å². The third kappa shape index (κ3) is 4.33. The first-order valence-corrected chi connectivity index (χ1v) is 7.35. The SMILES string of the molecule is C/C(N)=C/C(C(=O)O)=C(\N)N=C(c1ccccc1)c1ccccc1. The zero-order valence-electron chi connectivity index (χ0n) is 13.3. The van der Waals surface area contributed by atoms with Crippen LogP contribution in [0.4, 0.5) is 0 Å². The van der Waals surface area contributed by atoms with Gasteiger partial charge in [0.05, 0.1) is 5.71 Å². The van der Waals surface area contributed by atoms with E-state index in [9.17, 15) is 9.90 Å².